The molecule has 176 valence electrons. The molecule has 1 amide bonds. The average molecular weight is 458 g/mol. The molecular weight excluding hydrogens is 426 g/mol. The van der Waals surface area contributed by atoms with Crippen molar-refractivity contribution < 1.29 is 19.1 Å². The number of hydrogen-bond donors (Lipinski definition) is 0. The normalized spacial score (nSPS) is 13.5. The van der Waals surface area contributed by atoms with E-state index < -0.39 is 23.7 Å². The maximum atomic E-state index is 13.1. The number of rotatable bonds is 6. The van der Waals surface area contributed by atoms with Gasteiger partial charge in [0.15, 0.2) is 0 Å². The molecule has 1 aliphatic rings. The highest BCUT2D eigenvalue weighted by atomic mass is 16.6. The minimum atomic E-state index is -0.794. The van der Waals surface area contributed by atoms with Crippen LogP contribution in [-0.4, -0.2) is 42.3 Å². The van der Waals surface area contributed by atoms with Gasteiger partial charge in [0.1, 0.15) is 18.2 Å². The second-order valence-electron chi connectivity index (χ2n) is 9.65. The van der Waals surface area contributed by atoms with Gasteiger partial charge >= 0.3 is 12.1 Å². The number of likely N-dealkylation sites (N-methyl/N-ethyl adjacent to an activating group) is 1. The standard InChI is InChI=1S/C29H31NO4/c1-29(2,3)34-27(31)26(18-20-12-6-5-7-13-20)30(4)28(32)33-19-25-23-16-10-8-14-21(23)22-15-9-11-17-24(22)25/h5-17,25-26H,18-19H2,1-4H3/t26-/m0/s1. The Morgan fingerprint density at radius 1 is 0.853 bits per heavy atom. The molecule has 3 aromatic carbocycles. The van der Waals surface area contributed by atoms with E-state index in [9.17, 15) is 9.59 Å². The lowest BCUT2D eigenvalue weighted by molar-refractivity contribution is -0.160. The highest BCUT2D eigenvalue weighted by molar-refractivity contribution is 5.82. The maximum absolute atomic E-state index is 13.1. The summed E-state index contributed by atoms with van der Waals surface area (Å²) in [5.41, 5.74) is 4.91. The molecular formula is C29H31NO4. The fourth-order valence-electron chi connectivity index (χ4n) is 4.41. The van der Waals surface area contributed by atoms with Gasteiger partial charge in [0, 0.05) is 19.4 Å². The summed E-state index contributed by atoms with van der Waals surface area (Å²) in [6.07, 6.45) is -0.204. The zero-order valence-corrected chi connectivity index (χ0v) is 20.2. The predicted molar refractivity (Wildman–Crippen MR) is 133 cm³/mol. The Hall–Kier alpha value is -3.60. The van der Waals surface area contributed by atoms with E-state index in [1.54, 1.807) is 7.05 Å². The third-order valence-corrected chi connectivity index (χ3v) is 6.04. The van der Waals surface area contributed by atoms with Crippen LogP contribution in [0.4, 0.5) is 4.79 Å². The molecule has 0 aromatic heterocycles. The van der Waals surface area contributed by atoms with Crippen molar-refractivity contribution in [1.29, 1.82) is 0 Å². The molecule has 0 fully saturated rings. The second-order valence-corrected chi connectivity index (χ2v) is 9.65. The summed E-state index contributed by atoms with van der Waals surface area (Å²) < 4.78 is 11.4. The highest BCUT2D eigenvalue weighted by Gasteiger charge is 2.34. The first-order valence-corrected chi connectivity index (χ1v) is 11.6. The van der Waals surface area contributed by atoms with Gasteiger partial charge in [-0.05, 0) is 48.6 Å². The van der Waals surface area contributed by atoms with E-state index in [1.807, 2.05) is 75.4 Å². The molecule has 3 aromatic rings. The predicted octanol–water partition coefficient (Wildman–Crippen LogP) is 5.82. The molecule has 0 radical (unpaired) electrons. The zero-order valence-electron chi connectivity index (χ0n) is 20.2. The monoisotopic (exact) mass is 457 g/mol. The Bertz CT molecular complexity index is 1120. The molecule has 0 saturated heterocycles. The lowest BCUT2D eigenvalue weighted by atomic mass is 9.98. The zero-order chi connectivity index (χ0) is 24.3. The summed E-state index contributed by atoms with van der Waals surface area (Å²) in [5, 5.41) is 0. The van der Waals surface area contributed by atoms with Crippen LogP contribution >= 0.6 is 0 Å². The van der Waals surface area contributed by atoms with Crippen LogP contribution in [0.2, 0.25) is 0 Å². The molecule has 1 atom stereocenters. The number of fused-ring (bicyclic) bond motifs is 3. The second kappa shape index (κ2) is 9.72. The molecule has 5 nitrogen and oxygen atoms in total. The molecule has 4 rings (SSSR count). The Balaban J connectivity index is 1.51. The summed E-state index contributed by atoms with van der Waals surface area (Å²) in [5.74, 6) is -0.494. The number of benzene rings is 3. The van der Waals surface area contributed by atoms with Crippen molar-refractivity contribution in [2.24, 2.45) is 0 Å². The molecule has 0 heterocycles. The first-order chi connectivity index (χ1) is 16.2. The van der Waals surface area contributed by atoms with Gasteiger partial charge in [-0.2, -0.15) is 0 Å². The van der Waals surface area contributed by atoms with Crippen LogP contribution in [-0.2, 0) is 20.7 Å². The smallest absolute Gasteiger partial charge is 0.410 e. The summed E-state index contributed by atoms with van der Waals surface area (Å²) in [7, 11) is 1.59. The summed E-state index contributed by atoms with van der Waals surface area (Å²) in [6.45, 7) is 5.65. The van der Waals surface area contributed by atoms with Crippen LogP contribution in [0.1, 0.15) is 43.4 Å². The van der Waals surface area contributed by atoms with Gasteiger partial charge in [0.05, 0.1) is 0 Å². The molecule has 0 unspecified atom stereocenters. The average Bonchev–Trinajstić information content (AvgIpc) is 3.14. The van der Waals surface area contributed by atoms with Crippen molar-refractivity contribution in [3.63, 3.8) is 0 Å². The number of carbonyl (C=O) groups is 2. The Morgan fingerprint density at radius 2 is 1.38 bits per heavy atom. The third-order valence-electron chi connectivity index (χ3n) is 6.04. The summed E-state index contributed by atoms with van der Waals surface area (Å²) in [6, 6.07) is 25.2. The van der Waals surface area contributed by atoms with E-state index in [2.05, 4.69) is 24.3 Å². The van der Waals surface area contributed by atoms with Crippen molar-refractivity contribution in [3.05, 3.63) is 95.6 Å². The molecule has 1 aliphatic carbocycles. The molecule has 0 bridgehead atoms. The quantitative estimate of drug-likeness (QED) is 0.438. The number of nitrogens with zero attached hydrogens (tertiary/aromatic N) is 1. The van der Waals surface area contributed by atoms with Gasteiger partial charge < -0.3 is 9.47 Å². The first kappa shape index (κ1) is 23.6. The van der Waals surface area contributed by atoms with Gasteiger partial charge in [-0.15, -0.1) is 0 Å². The fraction of sp³-hybridized carbons (Fsp3) is 0.310. The molecule has 0 spiro atoms. The van der Waals surface area contributed by atoms with Gasteiger partial charge in [0.2, 0.25) is 0 Å². The van der Waals surface area contributed by atoms with Crippen LogP contribution in [0.25, 0.3) is 11.1 Å². The van der Waals surface area contributed by atoms with E-state index in [0.29, 0.717) is 6.42 Å². The molecule has 0 N–H and O–H groups in total. The van der Waals surface area contributed by atoms with E-state index in [1.165, 1.54) is 16.0 Å². The van der Waals surface area contributed by atoms with E-state index >= 15 is 0 Å². The number of ether oxygens (including phenoxy) is 2. The molecule has 0 aliphatic heterocycles. The van der Waals surface area contributed by atoms with Crippen molar-refractivity contribution in [2.45, 2.75) is 44.8 Å². The number of carbonyl (C=O) groups excluding carboxylic acids is 2. The first-order valence-electron chi connectivity index (χ1n) is 11.6. The number of esters is 1. The molecule has 34 heavy (non-hydrogen) atoms. The number of amides is 1. The molecule has 5 heteroatoms. The molecule has 0 saturated carbocycles. The van der Waals surface area contributed by atoms with Gasteiger partial charge in [-0.25, -0.2) is 9.59 Å². The van der Waals surface area contributed by atoms with Crippen molar-refractivity contribution >= 4 is 12.1 Å². The minimum absolute atomic E-state index is 0.0427. The van der Waals surface area contributed by atoms with E-state index in [4.69, 9.17) is 9.47 Å². The fourth-order valence-corrected chi connectivity index (χ4v) is 4.41. The minimum Gasteiger partial charge on any atom is -0.458 e. The maximum Gasteiger partial charge on any atom is 0.410 e. The van der Waals surface area contributed by atoms with Crippen molar-refractivity contribution in [3.8, 4) is 11.1 Å². The lowest BCUT2D eigenvalue weighted by Crippen LogP contribution is -2.47. The summed E-state index contributed by atoms with van der Waals surface area (Å²) in [4.78, 5) is 27.5. The largest absolute Gasteiger partial charge is 0.458 e. The SMILES string of the molecule is CN(C(=O)OCC1c2ccccc2-c2ccccc21)[C@@H](Cc1ccccc1)C(=O)OC(C)(C)C. The van der Waals surface area contributed by atoms with Gasteiger partial charge in [-0.1, -0.05) is 78.9 Å². The van der Waals surface area contributed by atoms with Crippen LogP contribution in [0.3, 0.4) is 0 Å². The van der Waals surface area contributed by atoms with Crippen LogP contribution < -0.4 is 0 Å². The Labute approximate surface area is 201 Å². The van der Waals surface area contributed by atoms with E-state index in [-0.39, 0.29) is 12.5 Å². The topological polar surface area (TPSA) is 55.8 Å². The van der Waals surface area contributed by atoms with E-state index in [0.717, 1.165) is 16.7 Å². The summed E-state index contributed by atoms with van der Waals surface area (Å²) >= 11 is 0. The number of hydrogen-bond acceptors (Lipinski definition) is 4. The Kier molecular flexibility index (Phi) is 6.73. The Morgan fingerprint density at radius 3 is 1.94 bits per heavy atom. The highest BCUT2D eigenvalue weighted by Crippen LogP contribution is 2.44. The lowest BCUT2D eigenvalue weighted by Gasteiger charge is -2.30. The van der Waals surface area contributed by atoms with Crippen LogP contribution in [0, 0.1) is 0 Å². The van der Waals surface area contributed by atoms with Crippen molar-refractivity contribution in [2.75, 3.05) is 13.7 Å². The van der Waals surface area contributed by atoms with Crippen LogP contribution in [0.15, 0.2) is 78.9 Å². The third kappa shape index (κ3) is 5.14. The van der Waals surface area contributed by atoms with Gasteiger partial charge in [0.25, 0.3) is 0 Å². The van der Waals surface area contributed by atoms with Gasteiger partial charge in [-0.3, -0.25) is 4.90 Å². The van der Waals surface area contributed by atoms with Crippen LogP contribution in [0.5, 0.6) is 0 Å². The van der Waals surface area contributed by atoms with Crippen molar-refractivity contribution in [1.82, 2.24) is 4.90 Å².